The van der Waals surface area contributed by atoms with Gasteiger partial charge in [-0.1, -0.05) is 6.07 Å². The average Bonchev–Trinajstić information content (AvgIpc) is 2.94. The number of fused-ring (bicyclic) bond motifs is 2. The Bertz CT molecular complexity index is 1040. The van der Waals surface area contributed by atoms with Crippen LogP contribution >= 0.6 is 0 Å². The van der Waals surface area contributed by atoms with Crippen molar-refractivity contribution < 1.29 is 21.6 Å². The molecule has 0 saturated carbocycles. The van der Waals surface area contributed by atoms with E-state index in [1.807, 2.05) is 12.1 Å². The summed E-state index contributed by atoms with van der Waals surface area (Å²) in [5.41, 5.74) is 0. The van der Waals surface area contributed by atoms with E-state index in [0.717, 1.165) is 12.8 Å². The molecule has 2 atom stereocenters. The Morgan fingerprint density at radius 1 is 0.929 bits per heavy atom. The minimum Gasteiger partial charge on any atom is -0.474 e. The van der Waals surface area contributed by atoms with Gasteiger partial charge in [0.25, 0.3) is 0 Å². The summed E-state index contributed by atoms with van der Waals surface area (Å²) in [7, 11) is -7.60. The number of hydrogen-bond acceptors (Lipinski definition) is 6. The van der Waals surface area contributed by atoms with Crippen LogP contribution in [0.2, 0.25) is 0 Å². The largest absolute Gasteiger partial charge is 0.474 e. The van der Waals surface area contributed by atoms with Crippen LogP contribution in [-0.2, 0) is 20.0 Å². The smallest absolute Gasteiger partial charge is 0.243 e. The van der Waals surface area contributed by atoms with Crippen molar-refractivity contribution in [3.05, 3.63) is 48.7 Å². The molecule has 2 fully saturated rings. The molecule has 2 saturated heterocycles. The first-order valence-electron chi connectivity index (χ1n) is 8.99. The zero-order chi connectivity index (χ0) is 19.9. The van der Waals surface area contributed by atoms with Gasteiger partial charge in [-0.25, -0.2) is 27.0 Å². The number of nitrogens with zero attached hydrogens (tertiary/aromatic N) is 2. The van der Waals surface area contributed by atoms with Crippen LogP contribution in [0.5, 0.6) is 5.88 Å². The van der Waals surface area contributed by atoms with Gasteiger partial charge in [0.1, 0.15) is 6.10 Å². The van der Waals surface area contributed by atoms with Gasteiger partial charge in [0.2, 0.25) is 25.9 Å². The van der Waals surface area contributed by atoms with Crippen molar-refractivity contribution in [2.45, 2.75) is 53.7 Å². The first-order valence-corrected chi connectivity index (χ1v) is 12.0. The van der Waals surface area contributed by atoms with Gasteiger partial charge >= 0.3 is 0 Å². The van der Waals surface area contributed by atoms with Gasteiger partial charge < -0.3 is 4.74 Å². The van der Waals surface area contributed by atoms with E-state index in [9.17, 15) is 16.8 Å². The number of rotatable bonds is 5. The first-order chi connectivity index (χ1) is 13.2. The quantitative estimate of drug-likeness (QED) is 0.778. The van der Waals surface area contributed by atoms with Gasteiger partial charge in [-0.3, -0.25) is 0 Å². The van der Waals surface area contributed by atoms with Gasteiger partial charge in [0.05, 0.1) is 9.79 Å². The van der Waals surface area contributed by atoms with E-state index in [-0.39, 0.29) is 28.0 Å². The fourth-order valence-electron chi connectivity index (χ4n) is 4.08. The molecular weight excluding hydrogens is 402 g/mol. The molecule has 2 aliphatic rings. The van der Waals surface area contributed by atoms with Gasteiger partial charge in [-0.2, -0.15) is 4.31 Å². The second kappa shape index (κ2) is 7.11. The van der Waals surface area contributed by atoms with E-state index in [0.29, 0.717) is 18.7 Å². The van der Waals surface area contributed by atoms with Crippen molar-refractivity contribution in [2.24, 2.45) is 5.14 Å². The van der Waals surface area contributed by atoms with Crippen LogP contribution < -0.4 is 9.88 Å². The summed E-state index contributed by atoms with van der Waals surface area (Å²) >= 11 is 0. The number of ether oxygens (including phenoxy) is 1. The summed E-state index contributed by atoms with van der Waals surface area (Å²) in [6.07, 6.45) is 4.34. The predicted octanol–water partition coefficient (Wildman–Crippen LogP) is 1.49. The zero-order valence-corrected chi connectivity index (χ0v) is 16.6. The highest BCUT2D eigenvalue weighted by Crippen LogP contribution is 2.40. The summed E-state index contributed by atoms with van der Waals surface area (Å²) in [5.74, 6) is 0.543. The zero-order valence-electron chi connectivity index (χ0n) is 15.0. The second-order valence-corrected chi connectivity index (χ2v) is 10.5. The summed E-state index contributed by atoms with van der Waals surface area (Å²) < 4.78 is 56.6. The molecule has 0 radical (unpaired) electrons. The molecule has 4 rings (SSSR count). The summed E-state index contributed by atoms with van der Waals surface area (Å²) in [6, 6.07) is 10.2. The van der Waals surface area contributed by atoms with Crippen molar-refractivity contribution in [2.75, 3.05) is 0 Å². The minimum atomic E-state index is -3.87. The van der Waals surface area contributed by atoms with Crippen LogP contribution in [0, 0.1) is 0 Å². The number of hydrogen-bond donors (Lipinski definition) is 1. The fraction of sp³-hybridized carbons (Fsp3) is 0.389. The van der Waals surface area contributed by atoms with E-state index in [2.05, 4.69) is 4.98 Å². The number of pyridine rings is 1. The molecular formula is C18H21N3O5S2. The van der Waals surface area contributed by atoms with Crippen LogP contribution in [0.4, 0.5) is 0 Å². The summed E-state index contributed by atoms with van der Waals surface area (Å²) in [5, 5.41) is 5.08. The standard InChI is InChI=1S/C18H21N3O5S2/c19-27(22,23)16-6-8-17(9-7-16)28(24,25)21-13-4-5-14(21)12-15(11-13)26-18-3-1-2-10-20-18/h1-3,6-10,13-15H,4-5,11-12H2,(H2,19,22,23). The van der Waals surface area contributed by atoms with Crippen LogP contribution in [0.15, 0.2) is 58.5 Å². The maximum Gasteiger partial charge on any atom is 0.243 e. The molecule has 3 heterocycles. The Labute approximate surface area is 164 Å². The van der Waals surface area contributed by atoms with Gasteiger partial charge in [-0.15, -0.1) is 0 Å². The lowest BCUT2D eigenvalue weighted by Crippen LogP contribution is -2.49. The van der Waals surface area contributed by atoms with E-state index in [1.54, 1.807) is 16.6 Å². The molecule has 2 N–H and O–H groups in total. The lowest BCUT2D eigenvalue weighted by Gasteiger charge is -2.37. The third-order valence-corrected chi connectivity index (χ3v) is 8.22. The van der Waals surface area contributed by atoms with Crippen molar-refractivity contribution in [3.8, 4) is 5.88 Å². The van der Waals surface area contributed by atoms with Crippen LogP contribution in [0.1, 0.15) is 25.7 Å². The molecule has 0 aliphatic carbocycles. The highest BCUT2D eigenvalue weighted by Gasteiger charge is 2.48. The van der Waals surface area contributed by atoms with Crippen molar-refractivity contribution in [1.29, 1.82) is 0 Å². The van der Waals surface area contributed by atoms with Gasteiger partial charge in [-0.05, 0) is 43.2 Å². The second-order valence-electron chi connectivity index (χ2n) is 7.12. The molecule has 2 unspecified atom stereocenters. The SMILES string of the molecule is NS(=O)(=O)c1ccc(S(=O)(=O)N2C3CCC2CC(Oc2ccccn2)C3)cc1. The van der Waals surface area contributed by atoms with Crippen molar-refractivity contribution in [1.82, 2.24) is 9.29 Å². The molecule has 1 aromatic carbocycles. The molecule has 0 amide bonds. The lowest BCUT2D eigenvalue weighted by molar-refractivity contribution is 0.0918. The normalized spacial score (nSPS) is 25.5. The van der Waals surface area contributed by atoms with E-state index < -0.39 is 20.0 Å². The Hall–Kier alpha value is -2.01. The predicted molar refractivity (Wildman–Crippen MR) is 102 cm³/mol. The van der Waals surface area contributed by atoms with E-state index in [4.69, 9.17) is 9.88 Å². The number of aromatic nitrogens is 1. The van der Waals surface area contributed by atoms with E-state index >= 15 is 0 Å². The van der Waals surface area contributed by atoms with Gasteiger partial charge in [0.15, 0.2) is 0 Å². The highest BCUT2D eigenvalue weighted by molar-refractivity contribution is 7.89. The van der Waals surface area contributed by atoms with Crippen molar-refractivity contribution in [3.63, 3.8) is 0 Å². The third-order valence-electron chi connectivity index (χ3n) is 5.28. The molecule has 1 aromatic heterocycles. The molecule has 0 spiro atoms. The highest BCUT2D eigenvalue weighted by atomic mass is 32.2. The number of benzene rings is 1. The number of nitrogens with two attached hydrogens (primary N) is 1. The average molecular weight is 424 g/mol. The lowest BCUT2D eigenvalue weighted by atomic mass is 10.0. The maximum absolute atomic E-state index is 13.2. The molecule has 2 bridgehead atoms. The minimum absolute atomic E-state index is 0.0703. The monoisotopic (exact) mass is 423 g/mol. The van der Waals surface area contributed by atoms with Crippen LogP contribution in [0.25, 0.3) is 0 Å². The Morgan fingerprint density at radius 2 is 1.54 bits per heavy atom. The molecule has 28 heavy (non-hydrogen) atoms. The Morgan fingerprint density at radius 3 is 2.07 bits per heavy atom. The number of primary sulfonamides is 1. The van der Waals surface area contributed by atoms with E-state index in [1.165, 1.54) is 24.3 Å². The van der Waals surface area contributed by atoms with Crippen molar-refractivity contribution >= 4 is 20.0 Å². The molecule has 8 nitrogen and oxygen atoms in total. The maximum atomic E-state index is 13.2. The first kappa shape index (κ1) is 19.3. The summed E-state index contributed by atoms with van der Waals surface area (Å²) in [4.78, 5) is 4.13. The molecule has 2 aliphatic heterocycles. The topological polar surface area (TPSA) is 120 Å². The van der Waals surface area contributed by atoms with Crippen LogP contribution in [0.3, 0.4) is 0 Å². The summed E-state index contributed by atoms with van der Waals surface area (Å²) in [6.45, 7) is 0. The third kappa shape index (κ3) is 3.64. The number of piperidine rings is 1. The molecule has 2 aromatic rings. The molecule has 150 valence electrons. The Kier molecular flexibility index (Phi) is 4.90. The van der Waals surface area contributed by atoms with Gasteiger partial charge in [0, 0.05) is 37.2 Å². The van der Waals surface area contributed by atoms with Crippen LogP contribution in [-0.4, -0.2) is 44.3 Å². The number of sulfonamides is 2. The fourth-order valence-corrected chi connectivity index (χ4v) is 6.49. The Balaban J connectivity index is 1.53. The molecule has 10 heteroatoms.